The molecule has 1 aliphatic rings. The molecule has 0 spiro atoms. The van der Waals surface area contributed by atoms with Gasteiger partial charge in [-0.3, -0.25) is 4.79 Å². The first-order chi connectivity index (χ1) is 10.3. The number of carbonyl (C=O) groups excluding carboxylic acids is 1. The molecular weight excluding hydrogens is 262 g/mol. The summed E-state index contributed by atoms with van der Waals surface area (Å²) in [6.07, 6.45) is 3.08. The molecule has 2 aromatic rings. The molecule has 0 aromatic heterocycles. The highest BCUT2D eigenvalue weighted by Crippen LogP contribution is 2.38. The summed E-state index contributed by atoms with van der Waals surface area (Å²) in [6.45, 7) is 2.04. The van der Waals surface area contributed by atoms with Gasteiger partial charge in [0.15, 0.2) is 6.10 Å². The van der Waals surface area contributed by atoms with E-state index in [2.05, 4.69) is 5.32 Å². The van der Waals surface area contributed by atoms with E-state index in [1.165, 1.54) is 5.56 Å². The Labute approximate surface area is 124 Å². The molecule has 0 unspecified atom stereocenters. The first-order valence-corrected chi connectivity index (χ1v) is 6.98. The summed E-state index contributed by atoms with van der Waals surface area (Å²) in [5.41, 5.74) is 3.31. The van der Waals surface area contributed by atoms with E-state index < -0.39 is 0 Å². The van der Waals surface area contributed by atoms with E-state index in [4.69, 9.17) is 4.74 Å². The van der Waals surface area contributed by atoms with E-state index in [0.29, 0.717) is 0 Å². The second-order valence-corrected chi connectivity index (χ2v) is 5.09. The van der Waals surface area contributed by atoms with E-state index in [9.17, 15) is 4.79 Å². The highest BCUT2D eigenvalue weighted by Gasteiger charge is 2.45. The first kappa shape index (κ1) is 13.6. The maximum absolute atomic E-state index is 12.0. The lowest BCUT2D eigenvalue weighted by molar-refractivity contribution is -0.121. The monoisotopic (exact) mass is 279 g/mol. The van der Waals surface area contributed by atoms with Gasteiger partial charge in [-0.15, -0.1) is 0 Å². The van der Waals surface area contributed by atoms with Crippen LogP contribution in [0.15, 0.2) is 60.8 Å². The number of nitrogens with one attached hydrogen (secondary N) is 1. The minimum absolute atomic E-state index is 0.103. The molecule has 1 amide bonds. The molecule has 106 valence electrons. The van der Waals surface area contributed by atoms with Gasteiger partial charge in [0.05, 0.1) is 0 Å². The van der Waals surface area contributed by atoms with Crippen LogP contribution in [-0.4, -0.2) is 12.0 Å². The second-order valence-electron chi connectivity index (χ2n) is 5.09. The lowest BCUT2D eigenvalue weighted by atomic mass is 10.1. The molecule has 3 heteroatoms. The zero-order valence-corrected chi connectivity index (χ0v) is 11.8. The average Bonchev–Trinajstić information content (AvgIpc) is 3.31. The maximum atomic E-state index is 12.0. The van der Waals surface area contributed by atoms with Gasteiger partial charge < -0.3 is 10.1 Å². The van der Waals surface area contributed by atoms with Crippen LogP contribution in [0.5, 0.6) is 0 Å². The summed E-state index contributed by atoms with van der Waals surface area (Å²) < 4.78 is 5.45. The second kappa shape index (κ2) is 5.94. The fraction of sp³-hybridized carbons (Fsp3) is 0.167. The van der Waals surface area contributed by atoms with Gasteiger partial charge in [-0.05, 0) is 29.7 Å². The van der Waals surface area contributed by atoms with E-state index in [-0.39, 0.29) is 18.1 Å². The van der Waals surface area contributed by atoms with Gasteiger partial charge in [0.1, 0.15) is 6.10 Å². The Balaban J connectivity index is 1.56. The maximum Gasteiger partial charge on any atom is 0.256 e. The van der Waals surface area contributed by atoms with Gasteiger partial charge in [-0.2, -0.15) is 0 Å². The van der Waals surface area contributed by atoms with Crippen LogP contribution in [0.2, 0.25) is 0 Å². The van der Waals surface area contributed by atoms with Crippen molar-refractivity contribution in [1.29, 1.82) is 0 Å². The van der Waals surface area contributed by atoms with Crippen molar-refractivity contribution in [3.05, 3.63) is 77.5 Å². The molecule has 0 bridgehead atoms. The highest BCUT2D eigenvalue weighted by atomic mass is 16.6. The molecule has 3 rings (SSSR count). The number of carbonyl (C=O) groups is 1. The van der Waals surface area contributed by atoms with Crippen molar-refractivity contribution in [2.75, 3.05) is 0 Å². The highest BCUT2D eigenvalue weighted by molar-refractivity contribution is 5.85. The standard InChI is InChI=1S/C18H17NO2/c1-13-7-5-6-8-14(13)11-12-19-18(20)17-16(21-17)15-9-3-2-4-10-15/h2-12,16-17H,1H3,(H,19,20)/b12-11-/t16-,17+/m1/s1. The van der Waals surface area contributed by atoms with Gasteiger partial charge in [0.2, 0.25) is 0 Å². The van der Waals surface area contributed by atoms with E-state index >= 15 is 0 Å². The third-order valence-electron chi connectivity index (χ3n) is 3.56. The van der Waals surface area contributed by atoms with Crippen LogP contribution in [0, 0.1) is 6.92 Å². The van der Waals surface area contributed by atoms with Crippen molar-refractivity contribution in [1.82, 2.24) is 5.32 Å². The Morgan fingerprint density at radius 1 is 1.10 bits per heavy atom. The predicted octanol–water partition coefficient (Wildman–Crippen LogP) is 3.22. The summed E-state index contributed by atoms with van der Waals surface area (Å²) >= 11 is 0. The molecule has 21 heavy (non-hydrogen) atoms. The third kappa shape index (κ3) is 3.20. The molecule has 1 fully saturated rings. The first-order valence-electron chi connectivity index (χ1n) is 6.98. The van der Waals surface area contributed by atoms with Gasteiger partial charge in [0.25, 0.3) is 5.91 Å². The molecular formula is C18H17NO2. The molecule has 1 saturated heterocycles. The molecule has 1 heterocycles. The molecule has 0 aliphatic carbocycles. The molecule has 1 aliphatic heterocycles. The van der Waals surface area contributed by atoms with E-state index in [1.807, 2.05) is 67.6 Å². The molecule has 3 nitrogen and oxygen atoms in total. The Kier molecular flexibility index (Phi) is 3.84. The zero-order chi connectivity index (χ0) is 14.7. The lowest BCUT2D eigenvalue weighted by Crippen LogP contribution is -2.23. The van der Waals surface area contributed by atoms with Crippen LogP contribution in [0.3, 0.4) is 0 Å². The fourth-order valence-corrected chi connectivity index (χ4v) is 2.28. The topological polar surface area (TPSA) is 41.6 Å². The van der Waals surface area contributed by atoms with Crippen molar-refractivity contribution in [3.63, 3.8) is 0 Å². The third-order valence-corrected chi connectivity index (χ3v) is 3.56. The Bertz CT molecular complexity index is 664. The zero-order valence-electron chi connectivity index (χ0n) is 11.8. The summed E-state index contributed by atoms with van der Waals surface area (Å²) in [4.78, 5) is 12.0. The molecule has 1 N–H and O–H groups in total. The Morgan fingerprint density at radius 3 is 2.57 bits per heavy atom. The number of hydrogen-bond donors (Lipinski definition) is 1. The number of ether oxygens (including phenoxy) is 1. The predicted molar refractivity (Wildman–Crippen MR) is 82.4 cm³/mol. The van der Waals surface area contributed by atoms with Crippen LogP contribution in [0.4, 0.5) is 0 Å². The minimum atomic E-state index is -0.381. The van der Waals surface area contributed by atoms with Crippen LogP contribution in [0.1, 0.15) is 22.8 Å². The summed E-state index contributed by atoms with van der Waals surface area (Å²) in [5.74, 6) is -0.103. The summed E-state index contributed by atoms with van der Waals surface area (Å²) in [5, 5.41) is 2.78. The van der Waals surface area contributed by atoms with Crippen molar-refractivity contribution < 1.29 is 9.53 Å². The number of aryl methyl sites for hydroxylation is 1. The van der Waals surface area contributed by atoms with Gasteiger partial charge in [-0.1, -0.05) is 54.6 Å². The van der Waals surface area contributed by atoms with E-state index in [0.717, 1.165) is 11.1 Å². The lowest BCUT2D eigenvalue weighted by Gasteiger charge is -1.99. The van der Waals surface area contributed by atoms with Crippen molar-refractivity contribution >= 4 is 12.0 Å². The number of benzene rings is 2. The molecule has 0 radical (unpaired) electrons. The average molecular weight is 279 g/mol. The number of rotatable bonds is 4. The summed E-state index contributed by atoms with van der Waals surface area (Å²) in [6, 6.07) is 17.8. The van der Waals surface area contributed by atoms with Crippen LogP contribution in [-0.2, 0) is 9.53 Å². The summed E-state index contributed by atoms with van der Waals surface area (Å²) in [7, 11) is 0. The van der Waals surface area contributed by atoms with Crippen LogP contribution in [0.25, 0.3) is 6.08 Å². The largest absolute Gasteiger partial charge is 0.354 e. The fourth-order valence-electron chi connectivity index (χ4n) is 2.28. The van der Waals surface area contributed by atoms with Crippen molar-refractivity contribution in [2.45, 2.75) is 19.1 Å². The van der Waals surface area contributed by atoms with Crippen molar-refractivity contribution in [3.8, 4) is 0 Å². The van der Waals surface area contributed by atoms with Gasteiger partial charge in [-0.25, -0.2) is 0 Å². The molecule has 2 atom stereocenters. The Hall–Kier alpha value is -2.39. The molecule has 2 aromatic carbocycles. The normalized spacial score (nSPS) is 20.4. The van der Waals surface area contributed by atoms with Gasteiger partial charge >= 0.3 is 0 Å². The van der Waals surface area contributed by atoms with Crippen molar-refractivity contribution in [2.24, 2.45) is 0 Å². The SMILES string of the molecule is Cc1ccccc1/C=C\NC(=O)[C@H]1O[C@@H]1c1ccccc1. The van der Waals surface area contributed by atoms with Crippen LogP contribution >= 0.6 is 0 Å². The van der Waals surface area contributed by atoms with Gasteiger partial charge in [0, 0.05) is 6.20 Å². The Morgan fingerprint density at radius 2 is 1.81 bits per heavy atom. The number of amides is 1. The molecule has 0 saturated carbocycles. The van der Waals surface area contributed by atoms with E-state index in [1.54, 1.807) is 6.20 Å². The number of epoxide rings is 1. The smallest absolute Gasteiger partial charge is 0.256 e. The minimum Gasteiger partial charge on any atom is -0.354 e. The quantitative estimate of drug-likeness (QED) is 0.873. The van der Waals surface area contributed by atoms with Crippen LogP contribution < -0.4 is 5.32 Å². The number of hydrogen-bond acceptors (Lipinski definition) is 2.